The van der Waals surface area contributed by atoms with Crippen molar-refractivity contribution in [3.8, 4) is 0 Å². The number of carbonyl (C=O) groups excluding carboxylic acids is 2. The fraction of sp³-hybridized carbons (Fsp3) is 0.529. The zero-order valence-corrected chi connectivity index (χ0v) is 14.2. The van der Waals surface area contributed by atoms with Gasteiger partial charge in [0.1, 0.15) is 6.61 Å². The summed E-state index contributed by atoms with van der Waals surface area (Å²) in [5, 5.41) is 5.63. The minimum absolute atomic E-state index is 0.0147. The van der Waals surface area contributed by atoms with Gasteiger partial charge in [-0.05, 0) is 18.4 Å². The lowest BCUT2D eigenvalue weighted by molar-refractivity contribution is -0.145. The summed E-state index contributed by atoms with van der Waals surface area (Å²) in [6, 6.07) is 9.36. The summed E-state index contributed by atoms with van der Waals surface area (Å²) < 4.78 is 17.3. The molecule has 2 saturated heterocycles. The number of benzene rings is 1. The fourth-order valence-corrected chi connectivity index (χ4v) is 5.16. The number of nitrogens with one attached hydrogen (secondary N) is 2. The molecule has 3 rings (SSSR count). The van der Waals surface area contributed by atoms with E-state index < -0.39 is 10.8 Å². The summed E-state index contributed by atoms with van der Waals surface area (Å²) in [5.74, 6) is 0.313. The van der Waals surface area contributed by atoms with Crippen LogP contribution in [0.4, 0.5) is 4.79 Å². The Hall–Kier alpha value is -1.89. The summed E-state index contributed by atoms with van der Waals surface area (Å²) >= 11 is 0. The van der Waals surface area contributed by atoms with Crippen LogP contribution in [0.5, 0.6) is 0 Å². The summed E-state index contributed by atoms with van der Waals surface area (Å²) in [4.78, 5) is 23.1. The molecule has 0 saturated carbocycles. The lowest BCUT2D eigenvalue weighted by Gasteiger charge is -2.15. The first kappa shape index (κ1) is 17.0. The molecule has 2 amide bonds. The second-order valence-corrected chi connectivity index (χ2v) is 7.93. The van der Waals surface area contributed by atoms with Crippen molar-refractivity contribution < 1.29 is 18.5 Å². The van der Waals surface area contributed by atoms with E-state index in [1.165, 1.54) is 0 Å². The van der Waals surface area contributed by atoms with Crippen LogP contribution in [0.25, 0.3) is 0 Å². The van der Waals surface area contributed by atoms with Crippen LogP contribution in [0.3, 0.4) is 0 Å². The molecule has 2 aliphatic rings. The van der Waals surface area contributed by atoms with Crippen LogP contribution in [0.1, 0.15) is 31.2 Å². The maximum absolute atomic E-state index is 12.1. The van der Waals surface area contributed by atoms with E-state index in [1.54, 1.807) is 0 Å². The number of hydrogen-bond donors (Lipinski definition) is 2. The number of fused-ring (bicyclic) bond motifs is 1. The molecule has 0 spiro atoms. The molecular formula is C17H22N2O4S. The Morgan fingerprint density at radius 3 is 2.79 bits per heavy atom. The van der Waals surface area contributed by atoms with E-state index in [9.17, 15) is 13.8 Å². The molecular weight excluding hydrogens is 328 g/mol. The minimum Gasteiger partial charge on any atom is -0.461 e. The number of ether oxygens (including phenoxy) is 1. The highest BCUT2D eigenvalue weighted by Gasteiger charge is 2.46. The molecule has 130 valence electrons. The van der Waals surface area contributed by atoms with Gasteiger partial charge in [0, 0.05) is 23.0 Å². The van der Waals surface area contributed by atoms with Gasteiger partial charge >= 0.3 is 12.0 Å². The number of amides is 2. The largest absolute Gasteiger partial charge is 0.461 e. The van der Waals surface area contributed by atoms with Crippen LogP contribution in [-0.4, -0.2) is 39.3 Å². The van der Waals surface area contributed by atoms with Gasteiger partial charge < -0.3 is 15.4 Å². The topological polar surface area (TPSA) is 84.5 Å². The molecule has 0 bridgehead atoms. The van der Waals surface area contributed by atoms with Crippen molar-refractivity contribution in [3.05, 3.63) is 35.9 Å². The first-order valence-electron chi connectivity index (χ1n) is 8.27. The van der Waals surface area contributed by atoms with Crippen molar-refractivity contribution in [1.29, 1.82) is 0 Å². The van der Waals surface area contributed by atoms with E-state index in [0.717, 1.165) is 18.4 Å². The molecule has 1 unspecified atom stereocenters. The molecule has 0 aromatic heterocycles. The maximum Gasteiger partial charge on any atom is 0.315 e. The van der Waals surface area contributed by atoms with Crippen molar-refractivity contribution in [3.63, 3.8) is 0 Å². The van der Waals surface area contributed by atoms with Crippen molar-refractivity contribution in [1.82, 2.24) is 10.6 Å². The number of hydrogen-bond acceptors (Lipinski definition) is 4. The number of rotatable bonds is 7. The Labute approximate surface area is 143 Å². The Morgan fingerprint density at radius 1 is 1.21 bits per heavy atom. The van der Waals surface area contributed by atoms with Gasteiger partial charge in [-0.25, -0.2) is 4.79 Å². The molecule has 0 radical (unpaired) electrons. The summed E-state index contributed by atoms with van der Waals surface area (Å²) in [6.07, 6.45) is 2.63. The van der Waals surface area contributed by atoms with Crippen molar-refractivity contribution in [2.75, 3.05) is 5.75 Å². The normalized spacial score (nSPS) is 28.1. The van der Waals surface area contributed by atoms with Crippen molar-refractivity contribution in [2.24, 2.45) is 0 Å². The zero-order valence-electron chi connectivity index (χ0n) is 13.4. The molecule has 0 aliphatic carbocycles. The molecule has 1 aromatic carbocycles. The predicted molar refractivity (Wildman–Crippen MR) is 90.7 cm³/mol. The second kappa shape index (κ2) is 7.79. The molecule has 6 nitrogen and oxygen atoms in total. The highest BCUT2D eigenvalue weighted by molar-refractivity contribution is 7.86. The van der Waals surface area contributed by atoms with Gasteiger partial charge in [-0.1, -0.05) is 36.8 Å². The average molecular weight is 350 g/mol. The number of unbranched alkanes of at least 4 members (excludes halogenated alkanes) is 1. The summed E-state index contributed by atoms with van der Waals surface area (Å²) in [7, 11) is -0.920. The number of urea groups is 1. The van der Waals surface area contributed by atoms with E-state index in [0.29, 0.717) is 25.2 Å². The molecule has 2 heterocycles. The third kappa shape index (κ3) is 4.14. The van der Waals surface area contributed by atoms with Gasteiger partial charge in [0.25, 0.3) is 0 Å². The highest BCUT2D eigenvalue weighted by Crippen LogP contribution is 2.25. The van der Waals surface area contributed by atoms with E-state index in [2.05, 4.69) is 10.6 Å². The van der Waals surface area contributed by atoms with Crippen LogP contribution in [0.15, 0.2) is 30.3 Å². The van der Waals surface area contributed by atoms with Crippen molar-refractivity contribution >= 4 is 22.8 Å². The summed E-state index contributed by atoms with van der Waals surface area (Å²) in [5.41, 5.74) is 0.975. The molecule has 24 heavy (non-hydrogen) atoms. The third-order valence-corrected chi connectivity index (χ3v) is 6.38. The minimum atomic E-state index is -0.920. The lowest BCUT2D eigenvalue weighted by atomic mass is 10.0. The van der Waals surface area contributed by atoms with Gasteiger partial charge in [-0.15, -0.1) is 0 Å². The average Bonchev–Trinajstić information content (AvgIpc) is 3.06. The quantitative estimate of drug-likeness (QED) is 0.443. The van der Waals surface area contributed by atoms with Crippen LogP contribution >= 0.6 is 0 Å². The highest BCUT2D eigenvalue weighted by atomic mass is 32.2. The first-order valence-corrected chi connectivity index (χ1v) is 9.65. The molecule has 2 fully saturated rings. The van der Waals surface area contributed by atoms with Gasteiger partial charge in [0.15, 0.2) is 0 Å². The Bertz CT molecular complexity index is 622. The molecule has 4 atom stereocenters. The smallest absolute Gasteiger partial charge is 0.315 e. The van der Waals surface area contributed by atoms with Gasteiger partial charge in [0.05, 0.1) is 17.3 Å². The molecule has 1 aromatic rings. The van der Waals surface area contributed by atoms with E-state index in [1.807, 2.05) is 30.3 Å². The Morgan fingerprint density at radius 2 is 2.00 bits per heavy atom. The van der Waals surface area contributed by atoms with Gasteiger partial charge in [-0.3, -0.25) is 9.00 Å². The van der Waals surface area contributed by atoms with E-state index >= 15 is 0 Å². The van der Waals surface area contributed by atoms with Crippen molar-refractivity contribution in [2.45, 2.75) is 49.6 Å². The standard InChI is InChI=1S/C17H22N2O4S/c20-15(23-10-12-6-2-1-3-7-12)9-5-4-8-14-16-13(11-24(14)22)18-17(21)19-16/h1-3,6-7,13-14,16H,4-5,8-11H2,(H2,18,19,21)/t13-,14-,16-,24?/m0/s1. The first-order chi connectivity index (χ1) is 11.6. The molecule has 7 heteroatoms. The number of carbonyl (C=O) groups is 2. The Kier molecular flexibility index (Phi) is 5.50. The lowest BCUT2D eigenvalue weighted by Crippen LogP contribution is -2.38. The third-order valence-electron chi connectivity index (χ3n) is 4.49. The SMILES string of the molecule is O=C1N[C@H]2[C@H](CS(=O)[C@H]2CCCCC(=O)OCc2ccccc2)N1. The monoisotopic (exact) mass is 350 g/mol. The zero-order chi connectivity index (χ0) is 16.9. The van der Waals surface area contributed by atoms with Gasteiger partial charge in [0.2, 0.25) is 0 Å². The van der Waals surface area contributed by atoms with Crippen LogP contribution < -0.4 is 10.6 Å². The number of esters is 1. The van der Waals surface area contributed by atoms with Crippen LogP contribution in [0.2, 0.25) is 0 Å². The Balaban J connectivity index is 1.34. The van der Waals surface area contributed by atoms with E-state index in [4.69, 9.17) is 4.74 Å². The van der Waals surface area contributed by atoms with Gasteiger partial charge in [-0.2, -0.15) is 0 Å². The predicted octanol–water partition coefficient (Wildman–Crippen LogP) is 1.47. The maximum atomic E-state index is 12.1. The molecule has 2 aliphatic heterocycles. The summed E-state index contributed by atoms with van der Waals surface area (Å²) in [6.45, 7) is 0.299. The second-order valence-electron chi connectivity index (χ2n) is 6.23. The van der Waals surface area contributed by atoms with E-state index in [-0.39, 0.29) is 29.3 Å². The van der Waals surface area contributed by atoms with Crippen LogP contribution in [0, 0.1) is 0 Å². The fourth-order valence-electron chi connectivity index (χ4n) is 3.25. The molecule has 2 N–H and O–H groups in total. The van der Waals surface area contributed by atoms with Crippen LogP contribution in [-0.2, 0) is 26.9 Å².